The second-order valence-corrected chi connectivity index (χ2v) is 5.29. The van der Waals surface area contributed by atoms with Crippen molar-refractivity contribution in [3.63, 3.8) is 0 Å². The maximum atomic E-state index is 12.1. The second kappa shape index (κ2) is 6.68. The minimum Gasteiger partial charge on any atom is -0.462 e. The number of carbonyl (C=O) groups is 2. The summed E-state index contributed by atoms with van der Waals surface area (Å²) in [6.45, 7) is 2.95. The summed E-state index contributed by atoms with van der Waals surface area (Å²) in [5.74, 6) is -0.469. The van der Waals surface area contributed by atoms with Crippen LogP contribution in [-0.4, -0.2) is 31.1 Å². The summed E-state index contributed by atoms with van der Waals surface area (Å²) in [6.07, 6.45) is 3.00. The molecule has 0 bridgehead atoms. The van der Waals surface area contributed by atoms with E-state index in [-0.39, 0.29) is 11.9 Å². The monoisotopic (exact) mass is 282 g/mol. The second-order valence-electron chi connectivity index (χ2n) is 4.38. The first-order valence-electron chi connectivity index (χ1n) is 6.51. The molecule has 104 valence electrons. The van der Waals surface area contributed by atoms with Crippen molar-refractivity contribution in [1.29, 1.82) is 0 Å². The SMILES string of the molecule is CCOC(=O)c1ccsc1NC(=O)C1CCCCN1. The van der Waals surface area contributed by atoms with E-state index in [0.717, 1.165) is 25.8 Å². The molecule has 6 heteroatoms. The number of nitrogens with one attached hydrogen (secondary N) is 2. The van der Waals surface area contributed by atoms with Crippen LogP contribution in [0.2, 0.25) is 0 Å². The van der Waals surface area contributed by atoms with E-state index in [2.05, 4.69) is 10.6 Å². The highest BCUT2D eigenvalue weighted by Gasteiger charge is 2.23. The Labute approximate surface area is 116 Å². The lowest BCUT2D eigenvalue weighted by molar-refractivity contribution is -0.118. The van der Waals surface area contributed by atoms with Gasteiger partial charge in [-0.25, -0.2) is 4.79 Å². The molecule has 0 aliphatic carbocycles. The number of hydrogen-bond donors (Lipinski definition) is 2. The standard InChI is InChI=1S/C13H18N2O3S/c1-2-18-13(17)9-6-8-19-12(9)15-11(16)10-5-3-4-7-14-10/h6,8,10,14H,2-5,7H2,1H3,(H,15,16). The third-order valence-electron chi connectivity index (χ3n) is 3.02. The number of anilines is 1. The molecule has 2 N–H and O–H groups in total. The Morgan fingerprint density at radius 3 is 3.05 bits per heavy atom. The maximum Gasteiger partial charge on any atom is 0.341 e. The van der Waals surface area contributed by atoms with Gasteiger partial charge in [-0.3, -0.25) is 4.79 Å². The van der Waals surface area contributed by atoms with Gasteiger partial charge in [-0.1, -0.05) is 6.42 Å². The fraction of sp³-hybridized carbons (Fsp3) is 0.538. The van der Waals surface area contributed by atoms with Crippen LogP contribution in [0.15, 0.2) is 11.4 Å². The maximum absolute atomic E-state index is 12.1. The first-order chi connectivity index (χ1) is 9.22. The first-order valence-corrected chi connectivity index (χ1v) is 7.39. The van der Waals surface area contributed by atoms with Crippen molar-refractivity contribution in [3.05, 3.63) is 17.0 Å². The molecule has 1 aliphatic rings. The number of rotatable bonds is 4. The number of piperidine rings is 1. The molecule has 0 saturated carbocycles. The summed E-state index contributed by atoms with van der Waals surface area (Å²) in [6, 6.07) is 1.51. The van der Waals surface area contributed by atoms with Crippen LogP contribution in [0.1, 0.15) is 36.5 Å². The average molecular weight is 282 g/mol. The lowest BCUT2D eigenvalue weighted by Gasteiger charge is -2.22. The molecule has 5 nitrogen and oxygen atoms in total. The van der Waals surface area contributed by atoms with Gasteiger partial charge in [0, 0.05) is 0 Å². The molecule has 1 fully saturated rings. The van der Waals surface area contributed by atoms with Crippen molar-refractivity contribution >= 4 is 28.2 Å². The Balaban J connectivity index is 2.00. The number of amides is 1. The van der Waals surface area contributed by atoms with Crippen LogP contribution in [0.5, 0.6) is 0 Å². The number of ether oxygens (including phenoxy) is 1. The predicted molar refractivity (Wildman–Crippen MR) is 74.5 cm³/mol. The Morgan fingerprint density at radius 1 is 1.53 bits per heavy atom. The summed E-state index contributed by atoms with van der Waals surface area (Å²) in [5, 5.41) is 8.34. The van der Waals surface area contributed by atoms with Crippen molar-refractivity contribution in [3.8, 4) is 0 Å². The van der Waals surface area contributed by atoms with Crippen molar-refractivity contribution in [1.82, 2.24) is 5.32 Å². The van der Waals surface area contributed by atoms with Gasteiger partial charge in [-0.15, -0.1) is 11.3 Å². The van der Waals surface area contributed by atoms with Crippen LogP contribution in [0.4, 0.5) is 5.00 Å². The van der Waals surface area contributed by atoms with Crippen molar-refractivity contribution in [2.45, 2.75) is 32.2 Å². The lowest BCUT2D eigenvalue weighted by atomic mass is 10.0. The Bertz CT molecular complexity index is 452. The lowest BCUT2D eigenvalue weighted by Crippen LogP contribution is -2.43. The zero-order chi connectivity index (χ0) is 13.7. The van der Waals surface area contributed by atoms with Gasteiger partial charge in [0.2, 0.25) is 5.91 Å². The van der Waals surface area contributed by atoms with Crippen molar-refractivity contribution in [2.75, 3.05) is 18.5 Å². The minimum atomic E-state index is -0.393. The molecule has 2 heterocycles. The summed E-state index contributed by atoms with van der Waals surface area (Å²) in [4.78, 5) is 23.8. The van der Waals surface area contributed by atoms with Gasteiger partial charge in [0.25, 0.3) is 0 Å². The van der Waals surface area contributed by atoms with E-state index in [1.54, 1.807) is 18.4 Å². The van der Waals surface area contributed by atoms with Gasteiger partial charge >= 0.3 is 5.97 Å². The largest absolute Gasteiger partial charge is 0.462 e. The van der Waals surface area contributed by atoms with E-state index in [4.69, 9.17) is 4.74 Å². The first kappa shape index (κ1) is 14.0. The van der Waals surface area contributed by atoms with Crippen LogP contribution in [-0.2, 0) is 9.53 Å². The Kier molecular flexibility index (Phi) is 4.93. The van der Waals surface area contributed by atoms with E-state index in [1.165, 1.54) is 11.3 Å². The van der Waals surface area contributed by atoms with E-state index in [1.807, 2.05) is 0 Å². The number of esters is 1. The molecule has 1 aromatic heterocycles. The van der Waals surface area contributed by atoms with Crippen molar-refractivity contribution in [2.24, 2.45) is 0 Å². The zero-order valence-corrected chi connectivity index (χ0v) is 11.7. The molecule has 1 aromatic rings. The molecule has 1 atom stereocenters. The third-order valence-corrected chi connectivity index (χ3v) is 3.85. The molecule has 1 saturated heterocycles. The Hall–Kier alpha value is -1.40. The molecule has 1 aliphatic heterocycles. The molecule has 2 rings (SSSR count). The van der Waals surface area contributed by atoms with E-state index < -0.39 is 5.97 Å². The number of hydrogen-bond acceptors (Lipinski definition) is 5. The summed E-state index contributed by atoms with van der Waals surface area (Å²) in [5.41, 5.74) is 0.427. The smallest absolute Gasteiger partial charge is 0.341 e. The van der Waals surface area contributed by atoms with Crippen LogP contribution in [0, 0.1) is 0 Å². The number of carbonyl (C=O) groups excluding carboxylic acids is 2. The normalized spacial score (nSPS) is 18.9. The molecule has 0 aromatic carbocycles. The van der Waals surface area contributed by atoms with Crippen molar-refractivity contribution < 1.29 is 14.3 Å². The average Bonchev–Trinajstić information content (AvgIpc) is 2.88. The van der Waals surface area contributed by atoms with Gasteiger partial charge in [-0.2, -0.15) is 0 Å². The van der Waals surface area contributed by atoms with Crippen LogP contribution >= 0.6 is 11.3 Å². The van der Waals surface area contributed by atoms with E-state index >= 15 is 0 Å². The number of thiophene rings is 1. The van der Waals surface area contributed by atoms with Gasteiger partial charge in [-0.05, 0) is 37.8 Å². The van der Waals surface area contributed by atoms with Gasteiger partial charge < -0.3 is 15.4 Å². The fourth-order valence-electron chi connectivity index (χ4n) is 2.05. The molecule has 0 radical (unpaired) electrons. The summed E-state index contributed by atoms with van der Waals surface area (Å²) >= 11 is 1.34. The highest BCUT2D eigenvalue weighted by atomic mass is 32.1. The molecular formula is C13H18N2O3S. The van der Waals surface area contributed by atoms with E-state index in [0.29, 0.717) is 17.2 Å². The highest BCUT2D eigenvalue weighted by molar-refractivity contribution is 7.14. The molecule has 19 heavy (non-hydrogen) atoms. The fourth-order valence-corrected chi connectivity index (χ4v) is 2.83. The zero-order valence-electron chi connectivity index (χ0n) is 10.9. The summed E-state index contributed by atoms with van der Waals surface area (Å²) < 4.78 is 4.95. The highest BCUT2D eigenvalue weighted by Crippen LogP contribution is 2.24. The van der Waals surface area contributed by atoms with Crippen LogP contribution in [0.3, 0.4) is 0 Å². The molecule has 1 unspecified atom stereocenters. The quantitative estimate of drug-likeness (QED) is 0.829. The van der Waals surface area contributed by atoms with Gasteiger partial charge in [0.15, 0.2) is 0 Å². The predicted octanol–water partition coefficient (Wildman–Crippen LogP) is 2.01. The molecular weight excluding hydrogens is 264 g/mol. The topological polar surface area (TPSA) is 67.4 Å². The van der Waals surface area contributed by atoms with Crippen LogP contribution in [0.25, 0.3) is 0 Å². The van der Waals surface area contributed by atoms with Gasteiger partial charge in [0.05, 0.1) is 18.2 Å². The van der Waals surface area contributed by atoms with E-state index in [9.17, 15) is 9.59 Å². The molecule has 1 amide bonds. The van der Waals surface area contributed by atoms with Crippen LogP contribution < -0.4 is 10.6 Å². The molecule has 0 spiro atoms. The summed E-state index contributed by atoms with van der Waals surface area (Å²) in [7, 11) is 0. The third kappa shape index (κ3) is 3.54. The minimum absolute atomic E-state index is 0.0762. The van der Waals surface area contributed by atoms with Gasteiger partial charge in [0.1, 0.15) is 5.00 Å². The Morgan fingerprint density at radius 2 is 2.37 bits per heavy atom.